The van der Waals surface area contributed by atoms with Crippen molar-refractivity contribution in [2.75, 3.05) is 13.7 Å². The number of methoxy groups -OCH3 is 1. The molecule has 1 atom stereocenters. The van der Waals surface area contributed by atoms with Crippen LogP contribution in [0.5, 0.6) is 5.75 Å². The van der Waals surface area contributed by atoms with Gasteiger partial charge >= 0.3 is 0 Å². The molecule has 21 heavy (non-hydrogen) atoms. The Labute approximate surface area is 126 Å². The van der Waals surface area contributed by atoms with Gasteiger partial charge in [-0.3, -0.25) is 9.67 Å². The molecule has 5 heteroatoms. The van der Waals surface area contributed by atoms with Crippen LogP contribution in [0.15, 0.2) is 24.5 Å². The van der Waals surface area contributed by atoms with E-state index in [2.05, 4.69) is 42.2 Å². The second kappa shape index (κ2) is 7.22. The summed E-state index contributed by atoms with van der Waals surface area (Å²) in [5.41, 5.74) is 3.23. The third-order valence-corrected chi connectivity index (χ3v) is 3.56. The van der Waals surface area contributed by atoms with Crippen LogP contribution in [0.3, 0.4) is 0 Å². The van der Waals surface area contributed by atoms with Gasteiger partial charge in [0.15, 0.2) is 5.75 Å². The fraction of sp³-hybridized carbons (Fsp3) is 0.500. The Kier molecular flexibility index (Phi) is 5.33. The Bertz CT molecular complexity index is 558. The number of nitrogens with one attached hydrogen (secondary N) is 1. The Morgan fingerprint density at radius 1 is 1.38 bits per heavy atom. The molecular weight excluding hydrogens is 264 g/mol. The van der Waals surface area contributed by atoms with Crippen LogP contribution >= 0.6 is 0 Å². The van der Waals surface area contributed by atoms with Crippen LogP contribution in [-0.2, 0) is 6.54 Å². The molecule has 114 valence electrons. The molecule has 0 fully saturated rings. The average Bonchev–Trinajstić information content (AvgIpc) is 2.92. The van der Waals surface area contributed by atoms with Crippen LogP contribution in [0.1, 0.15) is 43.3 Å². The Morgan fingerprint density at radius 2 is 2.19 bits per heavy atom. The van der Waals surface area contributed by atoms with E-state index in [4.69, 9.17) is 4.74 Å². The van der Waals surface area contributed by atoms with E-state index in [1.54, 1.807) is 13.3 Å². The molecule has 0 aliphatic rings. The van der Waals surface area contributed by atoms with Gasteiger partial charge in [-0.15, -0.1) is 0 Å². The van der Waals surface area contributed by atoms with Crippen molar-refractivity contribution in [1.29, 1.82) is 0 Å². The molecule has 0 aromatic carbocycles. The lowest BCUT2D eigenvalue weighted by Crippen LogP contribution is -2.27. The largest absolute Gasteiger partial charge is 0.493 e. The molecule has 2 rings (SSSR count). The van der Waals surface area contributed by atoms with Crippen LogP contribution in [0.4, 0.5) is 0 Å². The van der Waals surface area contributed by atoms with Crippen molar-refractivity contribution in [3.8, 4) is 5.75 Å². The molecule has 0 saturated heterocycles. The van der Waals surface area contributed by atoms with Gasteiger partial charge in [-0.25, -0.2) is 0 Å². The van der Waals surface area contributed by atoms with Crippen LogP contribution in [-0.4, -0.2) is 28.4 Å². The van der Waals surface area contributed by atoms with E-state index in [0.29, 0.717) is 0 Å². The first kappa shape index (κ1) is 15.5. The van der Waals surface area contributed by atoms with Gasteiger partial charge in [-0.2, -0.15) is 5.10 Å². The van der Waals surface area contributed by atoms with E-state index in [0.717, 1.165) is 42.2 Å². The summed E-state index contributed by atoms with van der Waals surface area (Å²) >= 11 is 0. The van der Waals surface area contributed by atoms with E-state index in [9.17, 15) is 0 Å². The summed E-state index contributed by atoms with van der Waals surface area (Å²) in [5.74, 6) is 0.801. The van der Waals surface area contributed by atoms with E-state index in [-0.39, 0.29) is 6.04 Å². The van der Waals surface area contributed by atoms with Crippen molar-refractivity contribution in [2.24, 2.45) is 0 Å². The molecule has 2 heterocycles. The molecule has 0 aliphatic carbocycles. The summed E-state index contributed by atoms with van der Waals surface area (Å²) in [6, 6.07) is 4.04. The van der Waals surface area contributed by atoms with Crippen molar-refractivity contribution < 1.29 is 4.74 Å². The fourth-order valence-corrected chi connectivity index (χ4v) is 2.49. The van der Waals surface area contributed by atoms with E-state index in [1.807, 2.05) is 16.9 Å². The number of pyridine rings is 1. The highest BCUT2D eigenvalue weighted by Gasteiger charge is 2.25. The smallest absolute Gasteiger partial charge is 0.161 e. The normalized spacial score (nSPS) is 12.4. The minimum Gasteiger partial charge on any atom is -0.493 e. The summed E-state index contributed by atoms with van der Waals surface area (Å²) < 4.78 is 7.47. The fourth-order valence-electron chi connectivity index (χ4n) is 2.49. The molecule has 2 aromatic heterocycles. The molecular formula is C16H24N4O. The maximum atomic E-state index is 5.50. The highest BCUT2D eigenvalue weighted by molar-refractivity contribution is 5.36. The Morgan fingerprint density at radius 3 is 2.81 bits per heavy atom. The van der Waals surface area contributed by atoms with Crippen LogP contribution in [0.25, 0.3) is 0 Å². The second-order valence-electron chi connectivity index (χ2n) is 5.01. The molecule has 0 aliphatic heterocycles. The van der Waals surface area contributed by atoms with E-state index < -0.39 is 0 Å². The first-order valence-corrected chi connectivity index (χ1v) is 7.47. The lowest BCUT2D eigenvalue weighted by Gasteiger charge is -2.21. The summed E-state index contributed by atoms with van der Waals surface area (Å²) in [6.45, 7) is 8.04. The molecule has 0 amide bonds. The predicted octanol–water partition coefficient (Wildman–Crippen LogP) is 2.70. The van der Waals surface area contributed by atoms with Crippen molar-refractivity contribution in [2.45, 2.75) is 39.8 Å². The first-order chi connectivity index (χ1) is 10.2. The number of aryl methyl sites for hydroxylation is 2. The molecule has 0 spiro atoms. The Hall–Kier alpha value is -1.88. The average molecular weight is 288 g/mol. The standard InChI is InChI=1S/C16H24N4O/c1-5-9-17-15(14-12(3)8-7-10-18-14)16-13(21-4)11-19-20(16)6-2/h7-8,10-11,15,17H,5-6,9H2,1-4H3. The van der Waals surface area contributed by atoms with Crippen LogP contribution in [0.2, 0.25) is 0 Å². The van der Waals surface area contributed by atoms with Gasteiger partial charge in [0.2, 0.25) is 0 Å². The molecule has 0 bridgehead atoms. The summed E-state index contributed by atoms with van der Waals surface area (Å²) in [6.07, 6.45) is 4.67. The van der Waals surface area contributed by atoms with Gasteiger partial charge in [-0.05, 0) is 38.4 Å². The van der Waals surface area contributed by atoms with E-state index in [1.165, 1.54) is 0 Å². The zero-order chi connectivity index (χ0) is 15.2. The Balaban J connectivity index is 2.50. The SMILES string of the molecule is CCCNC(c1ncccc1C)c1c(OC)cnn1CC. The van der Waals surface area contributed by atoms with Crippen LogP contribution < -0.4 is 10.1 Å². The molecule has 1 unspecified atom stereocenters. The minimum atomic E-state index is -0.0106. The summed E-state index contributed by atoms with van der Waals surface area (Å²) in [4.78, 5) is 4.58. The first-order valence-electron chi connectivity index (χ1n) is 7.47. The lowest BCUT2D eigenvalue weighted by atomic mass is 10.0. The monoisotopic (exact) mass is 288 g/mol. The topological polar surface area (TPSA) is 52.0 Å². The number of ether oxygens (including phenoxy) is 1. The number of aromatic nitrogens is 3. The van der Waals surface area contributed by atoms with Gasteiger partial charge in [0.1, 0.15) is 5.69 Å². The molecule has 5 nitrogen and oxygen atoms in total. The quantitative estimate of drug-likeness (QED) is 0.851. The lowest BCUT2D eigenvalue weighted by molar-refractivity contribution is 0.397. The van der Waals surface area contributed by atoms with Gasteiger partial charge in [0.25, 0.3) is 0 Å². The third kappa shape index (κ3) is 3.24. The molecule has 0 radical (unpaired) electrons. The van der Waals surface area contributed by atoms with Crippen LogP contribution in [0, 0.1) is 6.92 Å². The number of hydrogen-bond donors (Lipinski definition) is 1. The highest BCUT2D eigenvalue weighted by Crippen LogP contribution is 2.30. The number of rotatable bonds is 7. The summed E-state index contributed by atoms with van der Waals surface area (Å²) in [5, 5.41) is 7.99. The van der Waals surface area contributed by atoms with Gasteiger partial charge < -0.3 is 10.1 Å². The zero-order valence-corrected chi connectivity index (χ0v) is 13.3. The zero-order valence-electron chi connectivity index (χ0n) is 13.3. The van der Waals surface area contributed by atoms with Crippen molar-refractivity contribution in [3.63, 3.8) is 0 Å². The predicted molar refractivity (Wildman–Crippen MR) is 83.6 cm³/mol. The van der Waals surface area contributed by atoms with E-state index >= 15 is 0 Å². The molecule has 2 aromatic rings. The summed E-state index contributed by atoms with van der Waals surface area (Å²) in [7, 11) is 1.68. The number of nitrogens with zero attached hydrogens (tertiary/aromatic N) is 3. The van der Waals surface area contributed by atoms with Gasteiger partial charge in [0, 0.05) is 12.7 Å². The minimum absolute atomic E-state index is 0.0106. The van der Waals surface area contributed by atoms with Crippen molar-refractivity contribution in [1.82, 2.24) is 20.1 Å². The third-order valence-electron chi connectivity index (χ3n) is 3.56. The van der Waals surface area contributed by atoms with Gasteiger partial charge in [0.05, 0.1) is 25.0 Å². The molecule has 0 saturated carbocycles. The van der Waals surface area contributed by atoms with Crippen molar-refractivity contribution >= 4 is 0 Å². The number of hydrogen-bond acceptors (Lipinski definition) is 4. The maximum Gasteiger partial charge on any atom is 0.161 e. The second-order valence-corrected chi connectivity index (χ2v) is 5.01. The van der Waals surface area contributed by atoms with Crippen molar-refractivity contribution in [3.05, 3.63) is 41.5 Å². The highest BCUT2D eigenvalue weighted by atomic mass is 16.5. The van der Waals surface area contributed by atoms with Gasteiger partial charge in [-0.1, -0.05) is 13.0 Å². The molecule has 1 N–H and O–H groups in total. The maximum absolute atomic E-state index is 5.50.